The zero-order valence-corrected chi connectivity index (χ0v) is 13.5. The van der Waals surface area contributed by atoms with Crippen molar-refractivity contribution in [3.8, 4) is 0 Å². The van der Waals surface area contributed by atoms with Gasteiger partial charge in [0, 0.05) is 18.9 Å². The average molecular weight is 330 g/mol. The molecule has 128 valence electrons. The fourth-order valence-corrected chi connectivity index (χ4v) is 2.05. The van der Waals surface area contributed by atoms with Gasteiger partial charge in [-0.25, -0.2) is 0 Å². The Bertz CT molecular complexity index is 583. The van der Waals surface area contributed by atoms with Crippen LogP contribution in [-0.2, 0) is 21.2 Å². The van der Waals surface area contributed by atoms with E-state index < -0.39 is 23.2 Å². The topological polar surface area (TPSA) is 58.2 Å². The molecule has 0 aromatic heterocycles. The van der Waals surface area contributed by atoms with Crippen LogP contribution in [0.5, 0.6) is 0 Å². The van der Waals surface area contributed by atoms with Crippen LogP contribution in [-0.4, -0.2) is 24.4 Å². The minimum atomic E-state index is -4.41. The van der Waals surface area contributed by atoms with E-state index in [1.165, 1.54) is 19.9 Å². The van der Waals surface area contributed by atoms with E-state index >= 15 is 0 Å². The number of halogens is 3. The molecule has 0 saturated heterocycles. The molecule has 0 bridgehead atoms. The molecule has 0 fully saturated rings. The lowest BCUT2D eigenvalue weighted by atomic mass is 9.83. The van der Waals surface area contributed by atoms with Crippen LogP contribution in [0.3, 0.4) is 0 Å². The Morgan fingerprint density at radius 1 is 1.17 bits per heavy atom. The second-order valence-corrected chi connectivity index (χ2v) is 6.10. The zero-order chi connectivity index (χ0) is 17.8. The Morgan fingerprint density at radius 2 is 1.74 bits per heavy atom. The van der Waals surface area contributed by atoms with Crippen LogP contribution >= 0.6 is 0 Å². The number of amides is 2. The minimum Gasteiger partial charge on any atom is -0.353 e. The molecule has 1 aromatic carbocycles. The van der Waals surface area contributed by atoms with Gasteiger partial charge in [-0.15, -0.1) is 0 Å². The lowest BCUT2D eigenvalue weighted by molar-refractivity contribution is -0.137. The van der Waals surface area contributed by atoms with Crippen LogP contribution in [0.2, 0.25) is 0 Å². The highest BCUT2D eigenvalue weighted by Gasteiger charge is 2.32. The van der Waals surface area contributed by atoms with Gasteiger partial charge in [0.15, 0.2) is 0 Å². The SMILES string of the molecule is CC(=O)N[C@@H](C)C(=O)NCC(C)(C)c1cccc(C(F)(F)F)c1. The van der Waals surface area contributed by atoms with Gasteiger partial charge in [0.05, 0.1) is 5.56 Å². The van der Waals surface area contributed by atoms with Gasteiger partial charge < -0.3 is 10.6 Å². The van der Waals surface area contributed by atoms with Gasteiger partial charge in [-0.05, 0) is 18.6 Å². The maximum atomic E-state index is 12.8. The summed E-state index contributed by atoms with van der Waals surface area (Å²) in [7, 11) is 0. The number of hydrogen-bond donors (Lipinski definition) is 2. The largest absolute Gasteiger partial charge is 0.416 e. The van der Waals surface area contributed by atoms with Crippen molar-refractivity contribution in [1.82, 2.24) is 10.6 Å². The van der Waals surface area contributed by atoms with Gasteiger partial charge in [0.2, 0.25) is 11.8 Å². The van der Waals surface area contributed by atoms with Crippen molar-refractivity contribution >= 4 is 11.8 Å². The standard InChI is InChI=1S/C16H21F3N2O2/c1-10(21-11(2)22)14(23)20-9-15(3,4)12-6-5-7-13(8-12)16(17,18)19/h5-8,10H,9H2,1-4H3,(H,20,23)(H,21,22)/t10-/m0/s1. The van der Waals surface area contributed by atoms with Crippen molar-refractivity contribution in [1.29, 1.82) is 0 Å². The predicted octanol–water partition coefficient (Wildman–Crippen LogP) is 2.62. The third-order valence-electron chi connectivity index (χ3n) is 3.49. The summed E-state index contributed by atoms with van der Waals surface area (Å²) in [6.07, 6.45) is -4.41. The van der Waals surface area contributed by atoms with Gasteiger partial charge >= 0.3 is 6.18 Å². The summed E-state index contributed by atoms with van der Waals surface area (Å²) < 4.78 is 38.4. The summed E-state index contributed by atoms with van der Waals surface area (Å²) in [5.41, 5.74) is -0.937. The molecule has 1 aromatic rings. The number of rotatable bonds is 5. The van der Waals surface area contributed by atoms with Crippen LogP contribution in [0.1, 0.15) is 38.8 Å². The molecule has 23 heavy (non-hydrogen) atoms. The van der Waals surface area contributed by atoms with E-state index in [4.69, 9.17) is 0 Å². The van der Waals surface area contributed by atoms with Crippen molar-refractivity contribution in [3.05, 3.63) is 35.4 Å². The number of benzene rings is 1. The molecular weight excluding hydrogens is 309 g/mol. The Labute approximate surface area is 133 Å². The maximum absolute atomic E-state index is 12.8. The fourth-order valence-electron chi connectivity index (χ4n) is 2.05. The van der Waals surface area contributed by atoms with E-state index in [9.17, 15) is 22.8 Å². The number of hydrogen-bond acceptors (Lipinski definition) is 2. The van der Waals surface area contributed by atoms with Crippen LogP contribution in [0, 0.1) is 0 Å². The van der Waals surface area contributed by atoms with Gasteiger partial charge in [0.1, 0.15) is 6.04 Å². The van der Waals surface area contributed by atoms with Gasteiger partial charge in [0.25, 0.3) is 0 Å². The second kappa shape index (κ2) is 7.02. The molecule has 0 heterocycles. The molecule has 0 aliphatic carbocycles. The number of alkyl halides is 3. The predicted molar refractivity (Wildman–Crippen MR) is 80.8 cm³/mol. The average Bonchev–Trinajstić information content (AvgIpc) is 2.43. The van der Waals surface area contributed by atoms with Crippen molar-refractivity contribution in [2.75, 3.05) is 6.54 Å². The summed E-state index contributed by atoms with van der Waals surface area (Å²) in [6, 6.07) is 4.34. The van der Waals surface area contributed by atoms with E-state index in [0.717, 1.165) is 12.1 Å². The first-order chi connectivity index (χ1) is 10.4. The Morgan fingerprint density at radius 3 is 2.26 bits per heavy atom. The number of carbonyl (C=O) groups is 2. The van der Waals surface area contributed by atoms with Gasteiger partial charge in [-0.2, -0.15) is 13.2 Å². The third kappa shape index (κ3) is 5.58. The summed E-state index contributed by atoms with van der Waals surface area (Å²) in [5, 5.41) is 5.10. The maximum Gasteiger partial charge on any atom is 0.416 e. The highest BCUT2D eigenvalue weighted by atomic mass is 19.4. The first-order valence-corrected chi connectivity index (χ1v) is 7.16. The highest BCUT2D eigenvalue weighted by molar-refractivity contribution is 5.86. The van der Waals surface area contributed by atoms with Gasteiger partial charge in [-0.1, -0.05) is 32.0 Å². The van der Waals surface area contributed by atoms with E-state index in [-0.39, 0.29) is 18.4 Å². The van der Waals surface area contributed by atoms with E-state index in [1.54, 1.807) is 19.9 Å². The van der Waals surface area contributed by atoms with Crippen molar-refractivity contribution in [2.45, 2.75) is 45.3 Å². The smallest absolute Gasteiger partial charge is 0.353 e. The first-order valence-electron chi connectivity index (χ1n) is 7.16. The molecule has 0 radical (unpaired) electrons. The van der Waals surface area contributed by atoms with Crippen molar-refractivity contribution in [3.63, 3.8) is 0 Å². The number of carbonyl (C=O) groups excluding carboxylic acids is 2. The fraction of sp³-hybridized carbons (Fsp3) is 0.500. The molecule has 0 unspecified atom stereocenters. The molecule has 4 nitrogen and oxygen atoms in total. The monoisotopic (exact) mass is 330 g/mol. The normalized spacial score (nSPS) is 13.3. The quantitative estimate of drug-likeness (QED) is 0.872. The molecule has 1 rings (SSSR count). The lowest BCUT2D eigenvalue weighted by Gasteiger charge is -2.27. The van der Waals surface area contributed by atoms with Crippen LogP contribution in [0.15, 0.2) is 24.3 Å². The first kappa shape index (κ1) is 19.0. The Hall–Kier alpha value is -2.05. The summed E-state index contributed by atoms with van der Waals surface area (Å²) in [6.45, 7) is 6.47. The van der Waals surface area contributed by atoms with Crippen molar-refractivity contribution < 1.29 is 22.8 Å². The van der Waals surface area contributed by atoms with Crippen molar-refractivity contribution in [2.24, 2.45) is 0 Å². The van der Waals surface area contributed by atoms with Crippen LogP contribution < -0.4 is 10.6 Å². The summed E-state index contributed by atoms with van der Waals surface area (Å²) >= 11 is 0. The Balaban J connectivity index is 2.80. The van der Waals surface area contributed by atoms with E-state index in [2.05, 4.69) is 10.6 Å². The third-order valence-corrected chi connectivity index (χ3v) is 3.49. The van der Waals surface area contributed by atoms with Gasteiger partial charge in [-0.3, -0.25) is 9.59 Å². The second-order valence-electron chi connectivity index (χ2n) is 6.10. The molecule has 7 heteroatoms. The van der Waals surface area contributed by atoms with Crippen LogP contribution in [0.25, 0.3) is 0 Å². The molecule has 0 aliphatic rings. The van der Waals surface area contributed by atoms with E-state index in [1.807, 2.05) is 0 Å². The molecular formula is C16H21F3N2O2. The highest BCUT2D eigenvalue weighted by Crippen LogP contribution is 2.32. The zero-order valence-electron chi connectivity index (χ0n) is 13.5. The molecule has 1 atom stereocenters. The molecule has 0 spiro atoms. The molecule has 0 saturated carbocycles. The molecule has 0 aliphatic heterocycles. The van der Waals surface area contributed by atoms with E-state index in [0.29, 0.717) is 5.56 Å². The van der Waals surface area contributed by atoms with Crippen LogP contribution in [0.4, 0.5) is 13.2 Å². The summed E-state index contributed by atoms with van der Waals surface area (Å²) in [5.74, 6) is -0.718. The number of nitrogens with one attached hydrogen (secondary N) is 2. The molecule has 2 amide bonds. The molecule has 2 N–H and O–H groups in total. The minimum absolute atomic E-state index is 0.150. The summed E-state index contributed by atoms with van der Waals surface area (Å²) in [4.78, 5) is 22.8. The Kier molecular flexibility index (Phi) is 5.80. The lowest BCUT2D eigenvalue weighted by Crippen LogP contribution is -2.47.